The second-order valence-electron chi connectivity index (χ2n) is 8.69. The zero-order chi connectivity index (χ0) is 25.7. The lowest BCUT2D eigenvalue weighted by Gasteiger charge is -2.27. The molecule has 0 aliphatic carbocycles. The zero-order valence-electron chi connectivity index (χ0n) is 19.5. The van der Waals surface area contributed by atoms with Gasteiger partial charge in [0.1, 0.15) is 23.0 Å². The second-order valence-corrected chi connectivity index (χ2v) is 9.12. The molecular weight excluding hydrogens is 490 g/mol. The van der Waals surface area contributed by atoms with E-state index in [1.165, 1.54) is 0 Å². The summed E-state index contributed by atoms with van der Waals surface area (Å²) in [4.78, 5) is 18.1. The quantitative estimate of drug-likeness (QED) is 0.284. The Morgan fingerprint density at radius 2 is 1.86 bits per heavy atom. The Labute approximate surface area is 215 Å². The van der Waals surface area contributed by atoms with Crippen LogP contribution in [-0.2, 0) is 0 Å². The van der Waals surface area contributed by atoms with Gasteiger partial charge in [-0.3, -0.25) is 0 Å². The summed E-state index contributed by atoms with van der Waals surface area (Å²) in [6.07, 6.45) is 0. The zero-order valence-corrected chi connectivity index (χ0v) is 20.2. The maximum Gasteiger partial charge on any atom is 0.344 e. The summed E-state index contributed by atoms with van der Waals surface area (Å²) in [6, 6.07) is 23.6. The fraction of sp³-hybridized carbons (Fsp3) is 0.0690. The number of halogens is 1. The van der Waals surface area contributed by atoms with Crippen LogP contribution in [0.15, 0.2) is 93.5 Å². The first-order chi connectivity index (χ1) is 17.9. The molecule has 0 saturated heterocycles. The Hall–Kier alpha value is -4.80. The van der Waals surface area contributed by atoms with Gasteiger partial charge in [-0.15, -0.1) is 0 Å². The van der Waals surface area contributed by atoms with Crippen LogP contribution in [0, 0.1) is 18.3 Å². The molecule has 3 aromatic carbocycles. The predicted octanol–water partition coefficient (Wildman–Crippen LogP) is 6.31. The third-order valence-electron chi connectivity index (χ3n) is 6.28. The summed E-state index contributed by atoms with van der Waals surface area (Å²) in [5, 5.41) is 12.0. The lowest BCUT2D eigenvalue weighted by Crippen LogP contribution is -2.26. The van der Waals surface area contributed by atoms with Crippen LogP contribution in [0.2, 0.25) is 5.02 Å². The molecule has 1 aliphatic rings. The fourth-order valence-corrected chi connectivity index (χ4v) is 4.70. The number of hydrogen-bond donors (Lipinski definition) is 1. The van der Waals surface area contributed by atoms with Crippen LogP contribution >= 0.6 is 11.6 Å². The van der Waals surface area contributed by atoms with Crippen molar-refractivity contribution in [1.82, 2.24) is 4.98 Å². The summed E-state index contributed by atoms with van der Waals surface area (Å²) >= 11 is 6.05. The van der Waals surface area contributed by atoms with Gasteiger partial charge in [-0.25, -0.2) is 9.78 Å². The Morgan fingerprint density at radius 3 is 2.65 bits per heavy atom. The third kappa shape index (κ3) is 3.84. The van der Waals surface area contributed by atoms with Crippen molar-refractivity contribution >= 4 is 33.5 Å². The highest BCUT2D eigenvalue weighted by atomic mass is 35.5. The summed E-state index contributed by atoms with van der Waals surface area (Å²) < 4.78 is 17.7. The van der Waals surface area contributed by atoms with E-state index in [1.807, 2.05) is 31.2 Å². The number of hydrogen-bond acceptors (Lipinski definition) is 7. The fourth-order valence-electron chi connectivity index (χ4n) is 4.57. The number of allylic oxidation sites excluding steroid dienone is 1. The smallest absolute Gasteiger partial charge is 0.344 e. The average molecular weight is 508 g/mol. The van der Waals surface area contributed by atoms with Gasteiger partial charge in [0.25, 0.3) is 0 Å². The number of benzene rings is 3. The number of pyridine rings is 1. The minimum atomic E-state index is -0.936. The number of aromatic nitrogens is 1. The van der Waals surface area contributed by atoms with Crippen molar-refractivity contribution in [3.63, 3.8) is 0 Å². The number of nitrogens with two attached hydrogens (primary N) is 1. The number of fused-ring (bicyclic) bond motifs is 4. The lowest BCUT2D eigenvalue weighted by molar-refractivity contribution is 0.385. The van der Waals surface area contributed by atoms with Crippen molar-refractivity contribution in [2.45, 2.75) is 12.8 Å². The van der Waals surface area contributed by atoms with Gasteiger partial charge in [-0.1, -0.05) is 35.4 Å². The number of ether oxygens (including phenoxy) is 2. The van der Waals surface area contributed by atoms with Crippen LogP contribution in [0.4, 0.5) is 0 Å². The standard InChI is InChI=1S/C29H18ClN3O4/c1-15-6-11-22-16(12-15)13-20(28(33-22)35-18-9-7-17(30)8-10-18)24-21(14-31)27(32)37-26-19-4-2-3-5-23(19)36-29(34)25(24)26/h2-13,24H,32H2,1H3. The van der Waals surface area contributed by atoms with Crippen molar-refractivity contribution in [2.24, 2.45) is 5.73 Å². The largest absolute Gasteiger partial charge is 0.439 e. The Morgan fingerprint density at radius 1 is 1.08 bits per heavy atom. The highest BCUT2D eigenvalue weighted by Crippen LogP contribution is 2.46. The molecule has 0 spiro atoms. The van der Waals surface area contributed by atoms with Crippen LogP contribution in [-0.4, -0.2) is 4.98 Å². The second kappa shape index (κ2) is 8.70. The Kier molecular flexibility index (Phi) is 5.32. The number of nitrogens with zero attached hydrogens (tertiary/aromatic N) is 2. The van der Waals surface area contributed by atoms with Gasteiger partial charge in [0.2, 0.25) is 11.8 Å². The van der Waals surface area contributed by atoms with Gasteiger partial charge in [-0.05, 0) is 61.5 Å². The van der Waals surface area contributed by atoms with E-state index in [1.54, 1.807) is 48.5 Å². The van der Waals surface area contributed by atoms with Crippen molar-refractivity contribution in [1.29, 1.82) is 5.26 Å². The molecule has 1 atom stereocenters. The highest BCUT2D eigenvalue weighted by molar-refractivity contribution is 6.30. The molecule has 7 nitrogen and oxygen atoms in total. The third-order valence-corrected chi connectivity index (χ3v) is 6.53. The Balaban J connectivity index is 1.67. The van der Waals surface area contributed by atoms with E-state index in [0.717, 1.165) is 10.9 Å². The summed E-state index contributed by atoms with van der Waals surface area (Å²) in [7, 11) is 0. The van der Waals surface area contributed by atoms with Gasteiger partial charge < -0.3 is 19.6 Å². The first-order valence-corrected chi connectivity index (χ1v) is 11.8. The minimum Gasteiger partial charge on any atom is -0.439 e. The molecule has 5 aromatic rings. The molecule has 180 valence electrons. The van der Waals surface area contributed by atoms with E-state index in [0.29, 0.717) is 32.8 Å². The summed E-state index contributed by atoms with van der Waals surface area (Å²) in [5.74, 6) is -0.0930. The number of aryl methyl sites for hydroxylation is 1. The van der Waals surface area contributed by atoms with Crippen LogP contribution in [0.5, 0.6) is 17.4 Å². The molecule has 1 aliphatic heterocycles. The first-order valence-electron chi connectivity index (χ1n) is 11.4. The average Bonchev–Trinajstić information content (AvgIpc) is 2.89. The molecule has 1 unspecified atom stereocenters. The molecular formula is C29H18ClN3O4. The maximum atomic E-state index is 13.4. The summed E-state index contributed by atoms with van der Waals surface area (Å²) in [6.45, 7) is 1.97. The van der Waals surface area contributed by atoms with Crippen molar-refractivity contribution in [3.8, 4) is 23.4 Å². The highest BCUT2D eigenvalue weighted by Gasteiger charge is 2.38. The molecule has 3 heterocycles. The normalized spacial score (nSPS) is 14.8. The van der Waals surface area contributed by atoms with Crippen LogP contribution < -0.4 is 20.8 Å². The van der Waals surface area contributed by atoms with E-state index < -0.39 is 11.5 Å². The maximum absolute atomic E-state index is 13.4. The molecule has 0 fully saturated rings. The molecule has 0 radical (unpaired) electrons. The molecule has 0 amide bonds. The van der Waals surface area contributed by atoms with Gasteiger partial charge in [0.15, 0.2) is 5.75 Å². The SMILES string of the molecule is Cc1ccc2nc(Oc3ccc(Cl)cc3)c(C3C(C#N)=C(N)Oc4c3c(=O)oc3ccccc43)cc2c1. The molecule has 6 rings (SSSR count). The molecule has 0 bridgehead atoms. The van der Waals surface area contributed by atoms with Crippen molar-refractivity contribution < 1.29 is 13.9 Å². The first kappa shape index (κ1) is 22.7. The summed E-state index contributed by atoms with van der Waals surface area (Å²) in [5.41, 5.74) is 8.37. The molecule has 0 saturated carbocycles. The Bertz CT molecular complexity index is 1850. The minimum absolute atomic E-state index is 0.0600. The molecule has 37 heavy (non-hydrogen) atoms. The van der Waals surface area contributed by atoms with Crippen LogP contribution in [0.1, 0.15) is 22.6 Å². The van der Waals surface area contributed by atoms with E-state index >= 15 is 0 Å². The van der Waals surface area contributed by atoms with Crippen molar-refractivity contribution in [2.75, 3.05) is 0 Å². The van der Waals surface area contributed by atoms with E-state index in [2.05, 4.69) is 6.07 Å². The number of nitriles is 1. The van der Waals surface area contributed by atoms with Crippen molar-refractivity contribution in [3.05, 3.63) is 116 Å². The van der Waals surface area contributed by atoms with Gasteiger partial charge in [0.05, 0.1) is 22.4 Å². The van der Waals surface area contributed by atoms with E-state index in [9.17, 15) is 10.1 Å². The molecule has 2 aromatic heterocycles. The number of para-hydroxylation sites is 1. The van der Waals surface area contributed by atoms with Gasteiger partial charge in [0, 0.05) is 16.0 Å². The monoisotopic (exact) mass is 507 g/mol. The van der Waals surface area contributed by atoms with Gasteiger partial charge in [-0.2, -0.15) is 5.26 Å². The van der Waals surface area contributed by atoms with E-state index in [4.69, 9.17) is 36.2 Å². The lowest BCUT2D eigenvalue weighted by atomic mass is 9.83. The van der Waals surface area contributed by atoms with Crippen LogP contribution in [0.25, 0.3) is 21.9 Å². The number of rotatable bonds is 3. The molecule has 8 heteroatoms. The van der Waals surface area contributed by atoms with Gasteiger partial charge >= 0.3 is 5.63 Å². The predicted molar refractivity (Wildman–Crippen MR) is 140 cm³/mol. The van der Waals surface area contributed by atoms with E-state index in [-0.39, 0.29) is 28.6 Å². The van der Waals surface area contributed by atoms with Crippen LogP contribution in [0.3, 0.4) is 0 Å². The topological polar surface area (TPSA) is 111 Å². The molecule has 2 N–H and O–H groups in total.